The monoisotopic (exact) mass is 407 g/mol. The smallest absolute Gasteiger partial charge is 0.233 e. The standard InChI is InChI=1S/C21H23Cl2NO3/c1-24(14-15-5-3-4-6-19(15)26-2)20(25)21(9-11-27-12-10-21)17-8-7-16(22)13-18(17)23/h3-8,13H,9-12,14H2,1-2H3. The van der Waals surface area contributed by atoms with E-state index in [0.29, 0.717) is 42.6 Å². The Morgan fingerprint density at radius 3 is 2.56 bits per heavy atom. The van der Waals surface area contributed by atoms with Crippen molar-refractivity contribution in [3.05, 3.63) is 63.6 Å². The minimum Gasteiger partial charge on any atom is -0.496 e. The number of ether oxygens (including phenoxy) is 2. The molecule has 0 saturated carbocycles. The Kier molecular flexibility index (Phi) is 6.30. The second-order valence-corrected chi connectivity index (χ2v) is 7.64. The number of carbonyl (C=O) groups excluding carboxylic acids is 1. The predicted octanol–water partition coefficient (Wildman–Crippen LogP) is 4.71. The lowest BCUT2D eigenvalue weighted by molar-refractivity contribution is -0.140. The lowest BCUT2D eigenvalue weighted by Crippen LogP contribution is -2.48. The van der Waals surface area contributed by atoms with E-state index in [2.05, 4.69) is 0 Å². The van der Waals surface area contributed by atoms with E-state index in [-0.39, 0.29) is 5.91 Å². The molecular formula is C21H23Cl2NO3. The molecule has 0 spiro atoms. The minimum atomic E-state index is -0.712. The molecular weight excluding hydrogens is 385 g/mol. The summed E-state index contributed by atoms with van der Waals surface area (Å²) >= 11 is 12.6. The van der Waals surface area contributed by atoms with Crippen LogP contribution in [0.3, 0.4) is 0 Å². The van der Waals surface area contributed by atoms with E-state index in [4.69, 9.17) is 32.7 Å². The summed E-state index contributed by atoms with van der Waals surface area (Å²) in [6, 6.07) is 13.1. The molecule has 1 aliphatic rings. The third kappa shape index (κ3) is 4.08. The van der Waals surface area contributed by atoms with Crippen molar-refractivity contribution in [2.24, 2.45) is 0 Å². The third-order valence-corrected chi connectivity index (χ3v) is 5.70. The van der Waals surface area contributed by atoms with Crippen molar-refractivity contribution in [2.75, 3.05) is 27.4 Å². The van der Waals surface area contributed by atoms with Crippen molar-refractivity contribution in [1.82, 2.24) is 4.90 Å². The van der Waals surface area contributed by atoms with Gasteiger partial charge in [-0.1, -0.05) is 47.5 Å². The van der Waals surface area contributed by atoms with Gasteiger partial charge in [0, 0.05) is 42.4 Å². The van der Waals surface area contributed by atoms with Crippen LogP contribution in [0.1, 0.15) is 24.0 Å². The fourth-order valence-electron chi connectivity index (χ4n) is 3.72. The van der Waals surface area contributed by atoms with Crippen LogP contribution >= 0.6 is 23.2 Å². The summed E-state index contributed by atoms with van der Waals surface area (Å²) in [7, 11) is 3.45. The van der Waals surface area contributed by atoms with E-state index >= 15 is 0 Å². The number of benzene rings is 2. The van der Waals surface area contributed by atoms with E-state index in [1.165, 1.54) is 0 Å². The summed E-state index contributed by atoms with van der Waals surface area (Å²) in [6.45, 7) is 1.50. The molecule has 1 fully saturated rings. The van der Waals surface area contributed by atoms with Gasteiger partial charge in [-0.05, 0) is 36.6 Å². The molecule has 0 bridgehead atoms. The van der Waals surface area contributed by atoms with Gasteiger partial charge in [-0.15, -0.1) is 0 Å². The highest BCUT2D eigenvalue weighted by molar-refractivity contribution is 6.35. The normalized spacial score (nSPS) is 16.0. The van der Waals surface area contributed by atoms with Crippen LogP contribution in [0, 0.1) is 0 Å². The largest absolute Gasteiger partial charge is 0.496 e. The lowest BCUT2D eigenvalue weighted by Gasteiger charge is -2.39. The first-order valence-electron chi connectivity index (χ1n) is 8.88. The number of nitrogens with zero attached hydrogens (tertiary/aromatic N) is 1. The average molecular weight is 408 g/mol. The van der Waals surface area contributed by atoms with Crippen molar-refractivity contribution < 1.29 is 14.3 Å². The molecule has 1 heterocycles. The topological polar surface area (TPSA) is 38.8 Å². The zero-order valence-electron chi connectivity index (χ0n) is 15.5. The molecule has 0 atom stereocenters. The van der Waals surface area contributed by atoms with Gasteiger partial charge in [0.2, 0.25) is 5.91 Å². The number of hydrogen-bond acceptors (Lipinski definition) is 3. The van der Waals surface area contributed by atoms with Crippen LogP contribution in [0.25, 0.3) is 0 Å². The Bertz CT molecular complexity index is 819. The maximum Gasteiger partial charge on any atom is 0.233 e. The van der Waals surface area contributed by atoms with Crippen molar-refractivity contribution in [2.45, 2.75) is 24.8 Å². The van der Waals surface area contributed by atoms with E-state index in [1.54, 1.807) is 24.1 Å². The van der Waals surface area contributed by atoms with Gasteiger partial charge in [-0.3, -0.25) is 4.79 Å². The molecule has 0 unspecified atom stereocenters. The molecule has 1 aliphatic heterocycles. The summed E-state index contributed by atoms with van der Waals surface area (Å²) in [5.74, 6) is 0.795. The number of hydrogen-bond donors (Lipinski definition) is 0. The van der Waals surface area contributed by atoms with E-state index < -0.39 is 5.41 Å². The van der Waals surface area contributed by atoms with Crippen LogP contribution in [0.5, 0.6) is 5.75 Å². The first kappa shape index (κ1) is 20.0. The van der Waals surface area contributed by atoms with Gasteiger partial charge in [0.15, 0.2) is 0 Å². The molecule has 4 nitrogen and oxygen atoms in total. The van der Waals surface area contributed by atoms with Crippen LogP contribution in [-0.4, -0.2) is 38.2 Å². The Balaban J connectivity index is 1.94. The molecule has 0 aromatic heterocycles. The van der Waals surface area contributed by atoms with Crippen LogP contribution in [-0.2, 0) is 21.5 Å². The van der Waals surface area contributed by atoms with Crippen LogP contribution in [0.15, 0.2) is 42.5 Å². The van der Waals surface area contributed by atoms with Gasteiger partial charge in [0.05, 0.1) is 12.5 Å². The molecule has 0 aliphatic carbocycles. The fraction of sp³-hybridized carbons (Fsp3) is 0.381. The predicted molar refractivity (Wildman–Crippen MR) is 108 cm³/mol. The van der Waals surface area contributed by atoms with Gasteiger partial charge in [-0.25, -0.2) is 0 Å². The average Bonchev–Trinajstić information content (AvgIpc) is 2.68. The number of halogens is 2. The second-order valence-electron chi connectivity index (χ2n) is 6.79. The highest BCUT2D eigenvalue weighted by atomic mass is 35.5. The Hall–Kier alpha value is -1.75. The maximum absolute atomic E-state index is 13.6. The fourth-order valence-corrected chi connectivity index (χ4v) is 4.31. The van der Waals surface area contributed by atoms with Crippen LogP contribution in [0.4, 0.5) is 0 Å². The number of methoxy groups -OCH3 is 1. The highest BCUT2D eigenvalue weighted by Crippen LogP contribution is 2.41. The zero-order valence-corrected chi connectivity index (χ0v) is 17.0. The zero-order chi connectivity index (χ0) is 19.4. The van der Waals surface area contributed by atoms with Gasteiger partial charge in [0.1, 0.15) is 5.75 Å². The number of amides is 1. The van der Waals surface area contributed by atoms with Gasteiger partial charge in [0.25, 0.3) is 0 Å². The summed E-state index contributed by atoms with van der Waals surface area (Å²) in [5.41, 5.74) is 1.06. The van der Waals surface area contributed by atoms with Crippen LogP contribution < -0.4 is 4.74 Å². The second kappa shape index (κ2) is 8.51. The highest BCUT2D eigenvalue weighted by Gasteiger charge is 2.44. The van der Waals surface area contributed by atoms with E-state index in [1.807, 2.05) is 37.4 Å². The summed E-state index contributed by atoms with van der Waals surface area (Å²) < 4.78 is 11.0. The quantitative estimate of drug-likeness (QED) is 0.720. The molecule has 0 radical (unpaired) electrons. The summed E-state index contributed by atoms with van der Waals surface area (Å²) in [5, 5.41) is 1.07. The molecule has 1 saturated heterocycles. The molecule has 27 heavy (non-hydrogen) atoms. The third-order valence-electron chi connectivity index (χ3n) is 5.15. The maximum atomic E-state index is 13.6. The van der Waals surface area contributed by atoms with Crippen molar-refractivity contribution in [1.29, 1.82) is 0 Å². The number of carbonyl (C=O) groups is 1. The van der Waals surface area contributed by atoms with Crippen LogP contribution in [0.2, 0.25) is 10.0 Å². The minimum absolute atomic E-state index is 0.0286. The Morgan fingerprint density at radius 2 is 1.89 bits per heavy atom. The molecule has 0 N–H and O–H groups in total. The first-order chi connectivity index (χ1) is 13.0. The molecule has 1 amide bonds. The first-order valence-corrected chi connectivity index (χ1v) is 9.64. The summed E-state index contributed by atoms with van der Waals surface area (Å²) in [4.78, 5) is 15.3. The SMILES string of the molecule is COc1ccccc1CN(C)C(=O)C1(c2ccc(Cl)cc2Cl)CCOCC1. The Labute approximate surface area is 170 Å². The van der Waals surface area contributed by atoms with Gasteiger partial charge in [-0.2, -0.15) is 0 Å². The Morgan fingerprint density at radius 1 is 1.19 bits per heavy atom. The summed E-state index contributed by atoms with van der Waals surface area (Å²) in [6.07, 6.45) is 1.17. The molecule has 2 aromatic rings. The lowest BCUT2D eigenvalue weighted by atomic mass is 9.73. The van der Waals surface area contributed by atoms with E-state index in [0.717, 1.165) is 16.9 Å². The van der Waals surface area contributed by atoms with Gasteiger partial charge >= 0.3 is 0 Å². The van der Waals surface area contributed by atoms with E-state index in [9.17, 15) is 4.79 Å². The molecule has 144 valence electrons. The van der Waals surface area contributed by atoms with Crippen molar-refractivity contribution in [3.8, 4) is 5.75 Å². The molecule has 3 rings (SSSR count). The van der Waals surface area contributed by atoms with Gasteiger partial charge < -0.3 is 14.4 Å². The molecule has 6 heteroatoms. The molecule has 2 aromatic carbocycles. The van der Waals surface area contributed by atoms with Crippen molar-refractivity contribution >= 4 is 29.1 Å². The number of likely N-dealkylation sites (N-methyl/N-ethyl adjacent to an activating group) is 1. The number of para-hydroxylation sites is 1. The number of rotatable bonds is 5. The van der Waals surface area contributed by atoms with Crippen molar-refractivity contribution in [3.63, 3.8) is 0 Å².